The Morgan fingerprint density at radius 3 is 2.34 bits per heavy atom. The van der Waals surface area contributed by atoms with Crippen LogP contribution in [0, 0.1) is 12.8 Å². The molecule has 0 unspecified atom stereocenters. The zero-order valence-electron chi connectivity index (χ0n) is 21.5. The Morgan fingerprint density at radius 2 is 1.77 bits per heavy atom. The van der Waals surface area contributed by atoms with Gasteiger partial charge in [0.1, 0.15) is 17.3 Å². The van der Waals surface area contributed by atoms with E-state index in [0.29, 0.717) is 43.5 Å². The van der Waals surface area contributed by atoms with E-state index >= 15 is 0 Å². The Bertz CT molecular complexity index is 1090. The fourth-order valence-corrected chi connectivity index (χ4v) is 4.05. The highest BCUT2D eigenvalue weighted by Gasteiger charge is 2.45. The van der Waals surface area contributed by atoms with Gasteiger partial charge in [0.25, 0.3) is 11.7 Å². The number of carbonyl (C=O) groups is 2. The molecule has 1 heterocycles. The summed E-state index contributed by atoms with van der Waals surface area (Å²) in [4.78, 5) is 29.7. The number of rotatable bonds is 10. The van der Waals surface area contributed by atoms with Crippen LogP contribution in [0.3, 0.4) is 0 Å². The molecule has 0 radical (unpaired) electrons. The molecule has 0 aromatic heterocycles. The largest absolute Gasteiger partial charge is 0.507 e. The minimum absolute atomic E-state index is 0.0909. The van der Waals surface area contributed by atoms with Crippen LogP contribution in [0.1, 0.15) is 43.5 Å². The van der Waals surface area contributed by atoms with Crippen LogP contribution in [0.2, 0.25) is 0 Å². The first kappa shape index (κ1) is 26.3. The van der Waals surface area contributed by atoms with Crippen LogP contribution in [-0.2, 0) is 9.59 Å². The van der Waals surface area contributed by atoms with E-state index in [1.807, 2.05) is 57.1 Å². The Morgan fingerprint density at radius 1 is 1.09 bits per heavy atom. The van der Waals surface area contributed by atoms with Gasteiger partial charge in [-0.3, -0.25) is 9.59 Å². The zero-order chi connectivity index (χ0) is 25.7. The summed E-state index contributed by atoms with van der Waals surface area (Å²) >= 11 is 0. The first-order chi connectivity index (χ1) is 16.6. The molecule has 1 saturated heterocycles. The van der Waals surface area contributed by atoms with Crippen molar-refractivity contribution in [3.8, 4) is 11.5 Å². The summed E-state index contributed by atoms with van der Waals surface area (Å²) in [5.41, 5.74) is 2.14. The van der Waals surface area contributed by atoms with Crippen molar-refractivity contribution >= 4 is 17.4 Å². The average Bonchev–Trinajstić information content (AvgIpc) is 3.06. The number of hydrogen-bond acceptors (Lipinski definition) is 6. The molecule has 1 fully saturated rings. The number of Topliss-reactive ketones (excluding diaryl/α,β-unsaturated/α-hetero) is 1. The molecular weight excluding hydrogens is 444 g/mol. The molecule has 1 N–H and O–H groups in total. The van der Waals surface area contributed by atoms with Gasteiger partial charge in [-0.05, 0) is 75.3 Å². The number of aliphatic hydroxyl groups excluding tert-OH is 1. The number of benzene rings is 2. The van der Waals surface area contributed by atoms with Gasteiger partial charge in [0.15, 0.2) is 0 Å². The lowest BCUT2D eigenvalue weighted by atomic mass is 9.94. The third-order valence-corrected chi connectivity index (χ3v) is 5.86. The van der Waals surface area contributed by atoms with Gasteiger partial charge < -0.3 is 24.4 Å². The molecule has 0 aliphatic carbocycles. The van der Waals surface area contributed by atoms with Crippen molar-refractivity contribution in [3.63, 3.8) is 0 Å². The molecule has 0 bridgehead atoms. The number of nitrogens with zero attached hydrogens (tertiary/aromatic N) is 2. The van der Waals surface area contributed by atoms with Gasteiger partial charge in [-0.15, -0.1) is 0 Å². The van der Waals surface area contributed by atoms with Crippen LogP contribution < -0.4 is 9.47 Å². The van der Waals surface area contributed by atoms with E-state index in [0.717, 1.165) is 16.9 Å². The Hall–Kier alpha value is -3.32. The Balaban J connectivity index is 2.06. The molecule has 1 amide bonds. The number of likely N-dealkylation sites (N-methyl/N-ethyl adjacent to an activating group) is 1. The Labute approximate surface area is 207 Å². The predicted molar refractivity (Wildman–Crippen MR) is 137 cm³/mol. The normalized spacial score (nSPS) is 17.5. The van der Waals surface area contributed by atoms with E-state index < -0.39 is 17.7 Å². The molecule has 7 nitrogen and oxygen atoms in total. The lowest BCUT2D eigenvalue weighted by Crippen LogP contribution is -2.35. The van der Waals surface area contributed by atoms with Crippen molar-refractivity contribution in [1.29, 1.82) is 0 Å². The van der Waals surface area contributed by atoms with E-state index in [9.17, 15) is 14.7 Å². The number of likely N-dealkylation sites (tertiary alicyclic amines) is 1. The maximum atomic E-state index is 13.2. The third kappa shape index (κ3) is 6.03. The molecule has 188 valence electrons. The first-order valence-corrected chi connectivity index (χ1v) is 12.0. The molecule has 3 rings (SSSR count). The fourth-order valence-electron chi connectivity index (χ4n) is 4.05. The summed E-state index contributed by atoms with van der Waals surface area (Å²) in [6.45, 7) is 10.0. The number of hydrogen-bond donors (Lipinski definition) is 1. The molecule has 1 atom stereocenters. The number of carbonyl (C=O) groups excluding carboxylic acids is 2. The second kappa shape index (κ2) is 11.4. The minimum atomic E-state index is -0.692. The monoisotopic (exact) mass is 480 g/mol. The van der Waals surface area contributed by atoms with Gasteiger partial charge in [0.05, 0.1) is 24.8 Å². The highest BCUT2D eigenvalue weighted by atomic mass is 16.5. The van der Waals surface area contributed by atoms with Crippen molar-refractivity contribution in [1.82, 2.24) is 9.80 Å². The van der Waals surface area contributed by atoms with E-state index in [2.05, 4.69) is 13.8 Å². The summed E-state index contributed by atoms with van der Waals surface area (Å²) in [6, 6.07) is 11.9. The van der Waals surface area contributed by atoms with Crippen LogP contribution in [0.25, 0.3) is 5.76 Å². The highest BCUT2D eigenvalue weighted by Crippen LogP contribution is 2.40. The predicted octanol–water partition coefficient (Wildman–Crippen LogP) is 4.41. The number of ether oxygens (including phenoxy) is 2. The minimum Gasteiger partial charge on any atom is -0.507 e. The number of aryl methyl sites for hydroxylation is 1. The number of ketones is 1. The molecule has 7 heteroatoms. The van der Waals surface area contributed by atoms with Gasteiger partial charge in [-0.2, -0.15) is 0 Å². The maximum Gasteiger partial charge on any atom is 0.295 e. The number of aliphatic hydroxyl groups is 1. The quantitative estimate of drug-likeness (QED) is 0.308. The standard InChI is InChI=1S/C28H36N2O5/c1-7-34-22-11-8-20(9-12-22)25-24(27(32)28(33)30(25)15-14-29(5)6)26(31)21-10-13-23(19(4)16-21)35-17-18(2)3/h8-13,16,18,25,31H,7,14-15,17H2,1-6H3/b26-24+/t25-/m0/s1. The molecule has 2 aromatic rings. The van der Waals surface area contributed by atoms with Crippen molar-refractivity contribution in [2.75, 3.05) is 40.4 Å². The van der Waals surface area contributed by atoms with Gasteiger partial charge in [-0.25, -0.2) is 0 Å². The topological polar surface area (TPSA) is 79.3 Å². The van der Waals surface area contributed by atoms with Crippen molar-refractivity contribution in [2.45, 2.75) is 33.7 Å². The van der Waals surface area contributed by atoms with Gasteiger partial charge in [-0.1, -0.05) is 26.0 Å². The summed E-state index contributed by atoms with van der Waals surface area (Å²) < 4.78 is 11.4. The summed E-state index contributed by atoms with van der Waals surface area (Å²) in [6.07, 6.45) is 0. The van der Waals surface area contributed by atoms with Crippen LogP contribution in [-0.4, -0.2) is 67.0 Å². The van der Waals surface area contributed by atoms with Crippen molar-refractivity contribution < 1.29 is 24.2 Å². The zero-order valence-corrected chi connectivity index (χ0v) is 21.5. The maximum absolute atomic E-state index is 13.2. The van der Waals surface area contributed by atoms with Crippen LogP contribution in [0.4, 0.5) is 0 Å². The molecular formula is C28H36N2O5. The molecule has 1 aliphatic heterocycles. The lowest BCUT2D eigenvalue weighted by Gasteiger charge is -2.26. The van der Waals surface area contributed by atoms with Gasteiger partial charge in [0, 0.05) is 18.7 Å². The molecule has 0 spiro atoms. The highest BCUT2D eigenvalue weighted by molar-refractivity contribution is 6.46. The molecule has 2 aromatic carbocycles. The van der Waals surface area contributed by atoms with Crippen LogP contribution >= 0.6 is 0 Å². The number of amides is 1. The van der Waals surface area contributed by atoms with Crippen molar-refractivity contribution in [2.24, 2.45) is 5.92 Å². The van der Waals surface area contributed by atoms with E-state index in [1.165, 1.54) is 4.90 Å². The summed E-state index contributed by atoms with van der Waals surface area (Å²) in [5, 5.41) is 11.3. The van der Waals surface area contributed by atoms with Crippen LogP contribution in [0.5, 0.6) is 11.5 Å². The average molecular weight is 481 g/mol. The van der Waals surface area contributed by atoms with Crippen molar-refractivity contribution in [3.05, 3.63) is 64.7 Å². The first-order valence-electron chi connectivity index (χ1n) is 12.0. The SMILES string of the molecule is CCOc1ccc([C@H]2/C(=C(\O)c3ccc(OCC(C)C)c(C)c3)C(=O)C(=O)N2CCN(C)C)cc1. The van der Waals surface area contributed by atoms with E-state index in [-0.39, 0.29) is 11.3 Å². The molecule has 0 saturated carbocycles. The van der Waals surface area contributed by atoms with Gasteiger partial charge in [0.2, 0.25) is 0 Å². The van der Waals surface area contributed by atoms with Crippen LogP contribution in [0.15, 0.2) is 48.0 Å². The Kier molecular flexibility index (Phi) is 8.57. The van der Waals surface area contributed by atoms with E-state index in [1.54, 1.807) is 18.2 Å². The molecule has 1 aliphatic rings. The molecule has 35 heavy (non-hydrogen) atoms. The smallest absolute Gasteiger partial charge is 0.295 e. The fraction of sp³-hybridized carbons (Fsp3) is 0.429. The second-order valence-corrected chi connectivity index (χ2v) is 9.48. The second-order valence-electron chi connectivity index (χ2n) is 9.48. The van der Waals surface area contributed by atoms with Gasteiger partial charge >= 0.3 is 0 Å². The summed E-state index contributed by atoms with van der Waals surface area (Å²) in [7, 11) is 3.82. The summed E-state index contributed by atoms with van der Waals surface area (Å²) in [5.74, 6) is 0.334. The van der Waals surface area contributed by atoms with E-state index in [4.69, 9.17) is 9.47 Å². The lowest BCUT2D eigenvalue weighted by molar-refractivity contribution is -0.140. The third-order valence-electron chi connectivity index (χ3n) is 5.86.